The quantitative estimate of drug-likeness (QED) is 0.510. The molecule has 0 saturated heterocycles. The molecule has 0 aliphatic rings. The van der Waals surface area contributed by atoms with E-state index in [1.807, 2.05) is 56.3 Å². The monoisotopic (exact) mass is 265 g/mol. The fourth-order valence-corrected chi connectivity index (χ4v) is 2.42. The molecule has 0 fully saturated rings. The molecule has 2 aromatic carbocycles. The van der Waals surface area contributed by atoms with Gasteiger partial charge < -0.3 is 9.40 Å². The summed E-state index contributed by atoms with van der Waals surface area (Å²) in [6.45, 7) is 4.00. The molecule has 0 saturated carbocycles. The smallest absolute Gasteiger partial charge is 0.256 e. The number of hydrogen-bond donors (Lipinski definition) is 1. The van der Waals surface area contributed by atoms with E-state index in [0.29, 0.717) is 5.39 Å². The summed E-state index contributed by atoms with van der Waals surface area (Å²) < 4.78 is 5.85. The van der Waals surface area contributed by atoms with Crippen LogP contribution in [-0.2, 0) is 0 Å². The molecule has 0 radical (unpaired) electrons. The van der Waals surface area contributed by atoms with E-state index in [-0.39, 0.29) is 5.56 Å². The highest BCUT2D eigenvalue weighted by molar-refractivity contribution is 6.12. The summed E-state index contributed by atoms with van der Waals surface area (Å²) in [6, 6.07) is 15.2. The molecule has 20 heavy (non-hydrogen) atoms. The number of nitrogens with one attached hydrogen (secondary N) is 1. The van der Waals surface area contributed by atoms with Gasteiger partial charge in [0.1, 0.15) is 5.58 Å². The molecule has 1 N–H and O–H groups in total. The number of fused-ring (bicyclic) bond motifs is 5. The molecule has 100 valence electrons. The molecule has 4 rings (SSSR count). The molecule has 4 aromatic rings. The first kappa shape index (κ1) is 12.5. The average molecular weight is 265 g/mol. The highest BCUT2D eigenvalue weighted by Crippen LogP contribution is 2.30. The van der Waals surface area contributed by atoms with Crippen molar-refractivity contribution in [2.24, 2.45) is 0 Å². The number of para-hydroxylation sites is 1. The third-order valence-corrected chi connectivity index (χ3v) is 3.25. The van der Waals surface area contributed by atoms with Crippen molar-refractivity contribution < 1.29 is 4.42 Å². The van der Waals surface area contributed by atoms with Crippen LogP contribution in [0.25, 0.3) is 32.8 Å². The van der Waals surface area contributed by atoms with E-state index in [0.717, 1.165) is 27.5 Å². The van der Waals surface area contributed by atoms with Gasteiger partial charge in [-0.3, -0.25) is 4.79 Å². The lowest BCUT2D eigenvalue weighted by Crippen LogP contribution is -2.05. The molecular weight excluding hydrogens is 250 g/mol. The number of hydrogen-bond acceptors (Lipinski definition) is 2. The molecule has 0 unspecified atom stereocenters. The number of rotatable bonds is 0. The first-order valence-corrected chi connectivity index (χ1v) is 6.77. The molecular formula is C17H15NO2. The molecule has 0 aliphatic heterocycles. The van der Waals surface area contributed by atoms with Crippen LogP contribution in [0.4, 0.5) is 0 Å². The van der Waals surface area contributed by atoms with Crippen molar-refractivity contribution in [1.29, 1.82) is 0 Å². The average Bonchev–Trinajstić information content (AvgIpc) is 2.89. The molecule has 0 bridgehead atoms. The Morgan fingerprint density at radius 3 is 2.20 bits per heavy atom. The second-order valence-corrected chi connectivity index (χ2v) is 4.30. The standard InChI is InChI=1S/C15H9NO2.C2H6/c17-15-10-6-2-1-5-9(10)14-13(16-15)11-7-3-4-8-12(11)18-14;1-2/h1-8H,(H,16,17);1-2H3. The summed E-state index contributed by atoms with van der Waals surface area (Å²) in [6.07, 6.45) is 0. The van der Waals surface area contributed by atoms with E-state index >= 15 is 0 Å². The van der Waals surface area contributed by atoms with Crippen LogP contribution in [0.15, 0.2) is 57.7 Å². The third kappa shape index (κ3) is 1.71. The van der Waals surface area contributed by atoms with Crippen LogP contribution in [-0.4, -0.2) is 4.98 Å². The zero-order chi connectivity index (χ0) is 14.1. The molecule has 2 heterocycles. The van der Waals surface area contributed by atoms with E-state index in [1.54, 1.807) is 6.07 Å². The van der Waals surface area contributed by atoms with Crippen molar-refractivity contribution in [3.8, 4) is 0 Å². The van der Waals surface area contributed by atoms with Gasteiger partial charge in [0, 0.05) is 10.8 Å². The summed E-state index contributed by atoms with van der Waals surface area (Å²) in [7, 11) is 0. The summed E-state index contributed by atoms with van der Waals surface area (Å²) in [5.74, 6) is 0. The van der Waals surface area contributed by atoms with Crippen LogP contribution in [0, 0.1) is 0 Å². The number of benzene rings is 2. The number of furan rings is 1. The van der Waals surface area contributed by atoms with Crippen LogP contribution in [0.5, 0.6) is 0 Å². The predicted octanol–water partition coefficient (Wildman–Crippen LogP) is 4.45. The van der Waals surface area contributed by atoms with Crippen LogP contribution < -0.4 is 5.56 Å². The van der Waals surface area contributed by atoms with Crippen molar-refractivity contribution in [2.75, 3.05) is 0 Å². The molecule has 0 amide bonds. The van der Waals surface area contributed by atoms with Gasteiger partial charge in [-0.05, 0) is 18.2 Å². The summed E-state index contributed by atoms with van der Waals surface area (Å²) in [5, 5.41) is 2.45. The van der Waals surface area contributed by atoms with E-state index in [2.05, 4.69) is 4.98 Å². The lowest BCUT2D eigenvalue weighted by molar-refractivity contribution is 0.672. The summed E-state index contributed by atoms with van der Waals surface area (Å²) in [5.41, 5.74) is 2.23. The minimum absolute atomic E-state index is 0.0790. The fourth-order valence-electron chi connectivity index (χ4n) is 2.42. The Balaban J connectivity index is 0.000000581. The zero-order valence-electron chi connectivity index (χ0n) is 11.4. The Hall–Kier alpha value is -2.55. The molecule has 0 aliphatic carbocycles. The van der Waals surface area contributed by atoms with Crippen molar-refractivity contribution in [1.82, 2.24) is 4.98 Å². The highest BCUT2D eigenvalue weighted by atomic mass is 16.3. The van der Waals surface area contributed by atoms with Gasteiger partial charge in [-0.2, -0.15) is 0 Å². The Morgan fingerprint density at radius 1 is 0.850 bits per heavy atom. The maximum Gasteiger partial charge on any atom is 0.256 e. The number of pyridine rings is 1. The number of H-pyrrole nitrogens is 1. The minimum Gasteiger partial charge on any atom is -0.454 e. The Kier molecular flexibility index (Phi) is 3.03. The van der Waals surface area contributed by atoms with Crippen LogP contribution >= 0.6 is 0 Å². The van der Waals surface area contributed by atoms with E-state index in [1.165, 1.54) is 0 Å². The summed E-state index contributed by atoms with van der Waals surface area (Å²) in [4.78, 5) is 14.9. The SMILES string of the molecule is CC.O=c1[nH]c2c3ccccc3oc2c2ccccc12. The Morgan fingerprint density at radius 2 is 1.45 bits per heavy atom. The van der Waals surface area contributed by atoms with Gasteiger partial charge in [-0.25, -0.2) is 0 Å². The molecule has 3 heteroatoms. The van der Waals surface area contributed by atoms with Gasteiger partial charge in [-0.15, -0.1) is 0 Å². The second kappa shape index (κ2) is 4.85. The normalized spacial score (nSPS) is 10.7. The van der Waals surface area contributed by atoms with Gasteiger partial charge in [0.25, 0.3) is 5.56 Å². The zero-order valence-corrected chi connectivity index (χ0v) is 11.4. The van der Waals surface area contributed by atoms with Crippen LogP contribution in [0.3, 0.4) is 0 Å². The van der Waals surface area contributed by atoms with Gasteiger partial charge in [0.05, 0.1) is 10.9 Å². The van der Waals surface area contributed by atoms with Crippen LogP contribution in [0.1, 0.15) is 13.8 Å². The first-order valence-electron chi connectivity index (χ1n) is 6.77. The van der Waals surface area contributed by atoms with Crippen molar-refractivity contribution in [3.63, 3.8) is 0 Å². The second-order valence-electron chi connectivity index (χ2n) is 4.30. The Bertz CT molecular complexity index is 947. The predicted molar refractivity (Wildman–Crippen MR) is 83.2 cm³/mol. The number of aromatic nitrogens is 1. The van der Waals surface area contributed by atoms with Crippen molar-refractivity contribution >= 4 is 32.8 Å². The van der Waals surface area contributed by atoms with E-state index < -0.39 is 0 Å². The van der Waals surface area contributed by atoms with Gasteiger partial charge in [0.2, 0.25) is 0 Å². The molecule has 2 aromatic heterocycles. The van der Waals surface area contributed by atoms with E-state index in [4.69, 9.17) is 4.42 Å². The molecule has 0 spiro atoms. The van der Waals surface area contributed by atoms with E-state index in [9.17, 15) is 4.79 Å². The minimum atomic E-state index is -0.0790. The van der Waals surface area contributed by atoms with Crippen molar-refractivity contribution in [3.05, 3.63) is 58.9 Å². The lowest BCUT2D eigenvalue weighted by Gasteiger charge is -1.96. The van der Waals surface area contributed by atoms with Gasteiger partial charge >= 0.3 is 0 Å². The first-order chi connectivity index (χ1) is 9.84. The highest BCUT2D eigenvalue weighted by Gasteiger charge is 2.11. The fraction of sp³-hybridized carbons (Fsp3) is 0.118. The maximum absolute atomic E-state index is 12.0. The van der Waals surface area contributed by atoms with Crippen LogP contribution in [0.2, 0.25) is 0 Å². The third-order valence-electron chi connectivity index (χ3n) is 3.25. The number of aromatic amines is 1. The Labute approximate surface area is 115 Å². The van der Waals surface area contributed by atoms with Gasteiger partial charge in [0.15, 0.2) is 5.58 Å². The summed E-state index contributed by atoms with van der Waals surface area (Å²) >= 11 is 0. The largest absolute Gasteiger partial charge is 0.454 e. The topological polar surface area (TPSA) is 46.0 Å². The van der Waals surface area contributed by atoms with Crippen molar-refractivity contribution in [2.45, 2.75) is 13.8 Å². The molecule has 3 nitrogen and oxygen atoms in total. The lowest BCUT2D eigenvalue weighted by atomic mass is 10.1. The molecule has 0 atom stereocenters. The van der Waals surface area contributed by atoms with Gasteiger partial charge in [-0.1, -0.05) is 44.2 Å². The maximum atomic E-state index is 12.0.